The van der Waals surface area contributed by atoms with Crippen LogP contribution in [0.3, 0.4) is 0 Å². The van der Waals surface area contributed by atoms with Crippen molar-refractivity contribution in [3.63, 3.8) is 0 Å². The van der Waals surface area contributed by atoms with E-state index < -0.39 is 0 Å². The molecular formula is C16H20ClN3S. The highest BCUT2D eigenvalue weighted by Crippen LogP contribution is 2.44. The molecule has 3 rings (SSSR count). The summed E-state index contributed by atoms with van der Waals surface area (Å²) in [6.45, 7) is 6.44. The summed E-state index contributed by atoms with van der Waals surface area (Å²) in [6, 6.07) is 6.62. The first-order chi connectivity index (χ1) is 9.97. The van der Waals surface area contributed by atoms with Gasteiger partial charge in [-0.2, -0.15) is 5.10 Å². The summed E-state index contributed by atoms with van der Waals surface area (Å²) in [4.78, 5) is 0. The molecular weight excluding hydrogens is 302 g/mol. The van der Waals surface area contributed by atoms with Crippen molar-refractivity contribution < 1.29 is 0 Å². The van der Waals surface area contributed by atoms with E-state index >= 15 is 0 Å². The smallest absolute Gasteiger partial charge is 0.129 e. The van der Waals surface area contributed by atoms with Gasteiger partial charge in [0.05, 0.1) is 10.9 Å². The highest BCUT2D eigenvalue weighted by atomic mass is 35.5. The molecule has 112 valence electrons. The second-order valence-corrected chi connectivity index (χ2v) is 7.31. The molecule has 0 saturated carbocycles. The van der Waals surface area contributed by atoms with Gasteiger partial charge in [-0.05, 0) is 44.0 Å². The van der Waals surface area contributed by atoms with Crippen LogP contribution in [-0.2, 0) is 7.05 Å². The molecule has 0 aliphatic carbocycles. The fourth-order valence-electron chi connectivity index (χ4n) is 2.94. The largest absolute Gasteiger partial charge is 0.367 e. The van der Waals surface area contributed by atoms with Crippen LogP contribution in [0.25, 0.3) is 0 Å². The highest BCUT2D eigenvalue weighted by molar-refractivity contribution is 7.99. The van der Waals surface area contributed by atoms with Crippen LogP contribution in [0.15, 0.2) is 18.2 Å². The molecule has 1 N–H and O–H groups in total. The van der Waals surface area contributed by atoms with E-state index in [4.69, 9.17) is 11.6 Å². The first-order valence-electron chi connectivity index (χ1n) is 7.15. The predicted molar refractivity (Wildman–Crippen MR) is 91.5 cm³/mol. The molecule has 21 heavy (non-hydrogen) atoms. The van der Waals surface area contributed by atoms with Crippen LogP contribution in [0.2, 0.25) is 5.02 Å². The summed E-state index contributed by atoms with van der Waals surface area (Å²) in [5.41, 5.74) is 4.97. The Morgan fingerprint density at radius 3 is 2.86 bits per heavy atom. The fourth-order valence-corrected chi connectivity index (χ4v) is 4.62. The summed E-state index contributed by atoms with van der Waals surface area (Å²) < 4.78 is 1.96. The Kier molecular flexibility index (Phi) is 3.93. The van der Waals surface area contributed by atoms with Gasteiger partial charge in [0.2, 0.25) is 0 Å². The lowest BCUT2D eigenvalue weighted by molar-refractivity contribution is 0.747. The van der Waals surface area contributed by atoms with Crippen molar-refractivity contribution in [2.45, 2.75) is 32.1 Å². The number of nitrogens with zero attached hydrogens (tertiary/aromatic N) is 2. The van der Waals surface area contributed by atoms with Gasteiger partial charge in [0, 0.05) is 29.4 Å². The Labute approximate surface area is 135 Å². The predicted octanol–water partition coefficient (Wildman–Crippen LogP) is 4.33. The van der Waals surface area contributed by atoms with Gasteiger partial charge in [-0.25, -0.2) is 0 Å². The minimum absolute atomic E-state index is 0.309. The van der Waals surface area contributed by atoms with Crippen molar-refractivity contribution in [2.75, 3.05) is 11.1 Å². The van der Waals surface area contributed by atoms with Gasteiger partial charge in [-0.3, -0.25) is 4.68 Å². The second kappa shape index (κ2) is 5.58. The molecule has 2 atom stereocenters. The quantitative estimate of drug-likeness (QED) is 0.848. The van der Waals surface area contributed by atoms with Crippen LogP contribution >= 0.6 is 23.4 Å². The molecule has 2 unspecified atom stereocenters. The molecule has 3 nitrogen and oxygen atoms in total. The Morgan fingerprint density at radius 1 is 1.38 bits per heavy atom. The molecule has 1 aromatic carbocycles. The minimum atomic E-state index is 0.309. The average Bonchev–Trinajstić information content (AvgIpc) is 2.59. The lowest BCUT2D eigenvalue weighted by Gasteiger charge is -2.18. The summed E-state index contributed by atoms with van der Waals surface area (Å²) in [5.74, 6) is 2.21. The molecule has 0 radical (unpaired) electrons. The molecule has 0 bridgehead atoms. The molecule has 2 heterocycles. The number of halogens is 1. The van der Waals surface area contributed by atoms with Gasteiger partial charge >= 0.3 is 0 Å². The van der Waals surface area contributed by atoms with Crippen molar-refractivity contribution in [3.8, 4) is 0 Å². The van der Waals surface area contributed by atoms with E-state index in [9.17, 15) is 0 Å². The maximum Gasteiger partial charge on any atom is 0.129 e. The summed E-state index contributed by atoms with van der Waals surface area (Å²) in [6.07, 6.45) is 0. The number of anilines is 1. The Morgan fingerprint density at radius 2 is 2.14 bits per heavy atom. The number of aryl methyl sites for hydroxylation is 3. The van der Waals surface area contributed by atoms with E-state index in [2.05, 4.69) is 37.3 Å². The van der Waals surface area contributed by atoms with E-state index in [0.29, 0.717) is 11.3 Å². The molecule has 2 aromatic rings. The monoisotopic (exact) mass is 321 g/mol. The van der Waals surface area contributed by atoms with Gasteiger partial charge in [0.1, 0.15) is 5.82 Å². The molecule has 0 fully saturated rings. The molecule has 5 heteroatoms. The molecule has 1 aliphatic rings. The van der Waals surface area contributed by atoms with E-state index in [0.717, 1.165) is 22.3 Å². The lowest BCUT2D eigenvalue weighted by atomic mass is 9.99. The maximum atomic E-state index is 6.11. The Balaban J connectivity index is 2.15. The van der Waals surface area contributed by atoms with E-state index in [1.165, 1.54) is 16.7 Å². The maximum absolute atomic E-state index is 6.11. The molecule has 1 aliphatic heterocycles. The highest BCUT2D eigenvalue weighted by Gasteiger charge is 2.29. The molecule has 0 amide bonds. The summed E-state index contributed by atoms with van der Waals surface area (Å²) >= 11 is 8.09. The third-order valence-corrected chi connectivity index (χ3v) is 5.69. The minimum Gasteiger partial charge on any atom is -0.367 e. The van der Waals surface area contributed by atoms with Crippen molar-refractivity contribution in [1.29, 1.82) is 0 Å². The second-order valence-electron chi connectivity index (χ2n) is 5.73. The van der Waals surface area contributed by atoms with Crippen molar-refractivity contribution in [3.05, 3.63) is 45.6 Å². The number of nitrogens with one attached hydrogen (secondary N) is 1. The number of rotatable bonds is 1. The Bertz CT molecular complexity index is 680. The zero-order chi connectivity index (χ0) is 15.1. The van der Waals surface area contributed by atoms with E-state index in [1.807, 2.05) is 35.6 Å². The standard InChI is InChI=1S/C16H20ClN3S/c1-9-7-12(17)5-6-13(9)15-14-11(3)19-20(4)16(14)18-10(2)8-21-15/h5-7,10,15,18H,8H2,1-4H3. The van der Waals surface area contributed by atoms with Crippen LogP contribution in [0.5, 0.6) is 0 Å². The normalized spacial score (nSPS) is 21.6. The topological polar surface area (TPSA) is 29.9 Å². The third-order valence-electron chi connectivity index (χ3n) is 3.94. The van der Waals surface area contributed by atoms with Crippen LogP contribution < -0.4 is 5.32 Å². The number of fused-ring (bicyclic) bond motifs is 1. The molecule has 0 saturated heterocycles. The van der Waals surface area contributed by atoms with Crippen molar-refractivity contribution in [1.82, 2.24) is 9.78 Å². The lowest BCUT2D eigenvalue weighted by Crippen LogP contribution is -2.18. The Hall–Kier alpha value is -1.13. The first-order valence-corrected chi connectivity index (χ1v) is 8.57. The van der Waals surface area contributed by atoms with Crippen molar-refractivity contribution in [2.24, 2.45) is 7.05 Å². The number of benzene rings is 1. The SMILES string of the molecule is Cc1cc(Cl)ccc1C1SCC(C)Nc2c1c(C)nn2C. The summed E-state index contributed by atoms with van der Waals surface area (Å²) in [7, 11) is 2.01. The van der Waals surface area contributed by atoms with Crippen LogP contribution in [-0.4, -0.2) is 21.6 Å². The van der Waals surface area contributed by atoms with Gasteiger partial charge < -0.3 is 5.32 Å². The number of thioether (sulfide) groups is 1. The van der Waals surface area contributed by atoms with Crippen LogP contribution in [0, 0.1) is 13.8 Å². The fraction of sp³-hybridized carbons (Fsp3) is 0.438. The van der Waals surface area contributed by atoms with Crippen LogP contribution in [0.1, 0.15) is 34.6 Å². The van der Waals surface area contributed by atoms with Gasteiger partial charge in [-0.1, -0.05) is 17.7 Å². The van der Waals surface area contributed by atoms with Gasteiger partial charge in [0.15, 0.2) is 0 Å². The van der Waals surface area contributed by atoms with Crippen molar-refractivity contribution >= 4 is 29.2 Å². The summed E-state index contributed by atoms with van der Waals surface area (Å²) in [5, 5.41) is 9.31. The zero-order valence-corrected chi connectivity index (χ0v) is 14.3. The van der Waals surface area contributed by atoms with E-state index in [1.54, 1.807) is 0 Å². The number of aromatic nitrogens is 2. The van der Waals surface area contributed by atoms with Gasteiger partial charge in [-0.15, -0.1) is 11.8 Å². The van der Waals surface area contributed by atoms with Crippen LogP contribution in [0.4, 0.5) is 5.82 Å². The number of hydrogen-bond acceptors (Lipinski definition) is 3. The average molecular weight is 322 g/mol. The number of hydrogen-bond donors (Lipinski definition) is 1. The third kappa shape index (κ3) is 2.67. The van der Waals surface area contributed by atoms with E-state index in [-0.39, 0.29) is 0 Å². The van der Waals surface area contributed by atoms with Gasteiger partial charge in [0.25, 0.3) is 0 Å². The molecule has 1 aromatic heterocycles. The molecule has 0 spiro atoms. The zero-order valence-electron chi connectivity index (χ0n) is 12.8. The first kappa shape index (κ1) is 14.8.